The molecule has 13 heavy (non-hydrogen) atoms. The van der Waals surface area contributed by atoms with Crippen LogP contribution in [0.5, 0.6) is 0 Å². The first kappa shape index (κ1) is 12.5. The van der Waals surface area contributed by atoms with Crippen molar-refractivity contribution in [3.63, 3.8) is 0 Å². The van der Waals surface area contributed by atoms with Crippen LogP contribution in [0, 0.1) is 5.92 Å². The maximum Gasteiger partial charge on any atom is 0.305 e. The third kappa shape index (κ3) is 9.38. The fourth-order valence-corrected chi connectivity index (χ4v) is 1.11. The maximum absolute atomic E-state index is 11.0. The normalized spacial score (nSPS) is 10.5. The lowest BCUT2D eigenvalue weighted by Crippen LogP contribution is -2.04. The zero-order chi connectivity index (χ0) is 10.1. The molecule has 0 heterocycles. The average molecular weight is 186 g/mol. The van der Waals surface area contributed by atoms with Gasteiger partial charge < -0.3 is 4.74 Å². The van der Waals surface area contributed by atoms with Crippen molar-refractivity contribution in [2.24, 2.45) is 5.92 Å². The van der Waals surface area contributed by atoms with E-state index in [2.05, 4.69) is 13.8 Å². The summed E-state index contributed by atoms with van der Waals surface area (Å²) in [7, 11) is 0. The molecule has 0 aliphatic heterocycles. The predicted octanol–water partition coefficient (Wildman–Crippen LogP) is 3.16. The van der Waals surface area contributed by atoms with Crippen LogP contribution in [0.15, 0.2) is 0 Å². The molecule has 0 fully saturated rings. The quantitative estimate of drug-likeness (QED) is 0.451. The van der Waals surface area contributed by atoms with E-state index in [9.17, 15) is 4.79 Å². The van der Waals surface area contributed by atoms with E-state index < -0.39 is 0 Å². The van der Waals surface area contributed by atoms with Crippen molar-refractivity contribution in [1.82, 2.24) is 0 Å². The molecule has 0 N–H and O–H groups in total. The number of carbonyl (C=O) groups excluding carboxylic acids is 1. The number of rotatable bonds is 7. The largest absolute Gasteiger partial charge is 0.466 e. The Labute approximate surface area is 81.7 Å². The van der Waals surface area contributed by atoms with Gasteiger partial charge in [0.25, 0.3) is 0 Å². The summed E-state index contributed by atoms with van der Waals surface area (Å²) in [6, 6.07) is 0. The summed E-state index contributed by atoms with van der Waals surface area (Å²) in [5.41, 5.74) is 0. The Morgan fingerprint density at radius 1 is 1.31 bits per heavy atom. The minimum absolute atomic E-state index is 0.0365. The molecular weight excluding hydrogens is 164 g/mol. The van der Waals surface area contributed by atoms with Crippen LogP contribution in [0.25, 0.3) is 0 Å². The second-order valence-corrected chi connectivity index (χ2v) is 3.86. The van der Waals surface area contributed by atoms with Crippen molar-refractivity contribution >= 4 is 5.97 Å². The van der Waals surface area contributed by atoms with Gasteiger partial charge in [0.15, 0.2) is 0 Å². The smallest absolute Gasteiger partial charge is 0.305 e. The highest BCUT2D eigenvalue weighted by Crippen LogP contribution is 2.08. The number of hydrogen-bond acceptors (Lipinski definition) is 2. The standard InChI is InChI=1S/C11H22O2/c1-4-9-13-11(12)8-6-5-7-10(2)3/h10H,4-9H2,1-3H3. The van der Waals surface area contributed by atoms with Gasteiger partial charge in [0.2, 0.25) is 0 Å². The van der Waals surface area contributed by atoms with Crippen molar-refractivity contribution in [1.29, 1.82) is 0 Å². The molecule has 0 aliphatic carbocycles. The van der Waals surface area contributed by atoms with Gasteiger partial charge in [-0.25, -0.2) is 0 Å². The number of esters is 1. The molecule has 78 valence electrons. The van der Waals surface area contributed by atoms with Gasteiger partial charge in [-0.3, -0.25) is 4.79 Å². The van der Waals surface area contributed by atoms with Crippen LogP contribution in [0.4, 0.5) is 0 Å². The predicted molar refractivity (Wildman–Crippen MR) is 54.6 cm³/mol. The molecule has 0 saturated heterocycles. The number of hydrogen-bond donors (Lipinski definition) is 0. The van der Waals surface area contributed by atoms with E-state index in [4.69, 9.17) is 4.74 Å². The van der Waals surface area contributed by atoms with Crippen molar-refractivity contribution in [2.45, 2.75) is 52.9 Å². The summed E-state index contributed by atoms with van der Waals surface area (Å²) >= 11 is 0. The summed E-state index contributed by atoms with van der Waals surface area (Å²) in [5, 5.41) is 0. The molecule has 0 aromatic rings. The first-order valence-corrected chi connectivity index (χ1v) is 5.32. The van der Waals surface area contributed by atoms with Crippen LogP contribution in [0.1, 0.15) is 52.9 Å². The van der Waals surface area contributed by atoms with Crippen LogP contribution in [0.2, 0.25) is 0 Å². The molecule has 0 aliphatic rings. The van der Waals surface area contributed by atoms with Crippen molar-refractivity contribution in [2.75, 3.05) is 6.61 Å². The van der Waals surface area contributed by atoms with Gasteiger partial charge in [0.05, 0.1) is 6.61 Å². The van der Waals surface area contributed by atoms with E-state index in [0.29, 0.717) is 13.0 Å². The lowest BCUT2D eigenvalue weighted by Gasteiger charge is -2.04. The highest BCUT2D eigenvalue weighted by Gasteiger charge is 2.01. The van der Waals surface area contributed by atoms with Crippen molar-refractivity contribution in [3.05, 3.63) is 0 Å². The van der Waals surface area contributed by atoms with E-state index in [1.807, 2.05) is 6.92 Å². The Morgan fingerprint density at radius 3 is 2.54 bits per heavy atom. The Morgan fingerprint density at radius 2 is 2.00 bits per heavy atom. The average Bonchev–Trinajstić information content (AvgIpc) is 2.08. The van der Waals surface area contributed by atoms with E-state index in [1.165, 1.54) is 6.42 Å². The lowest BCUT2D eigenvalue weighted by molar-refractivity contribution is -0.143. The highest BCUT2D eigenvalue weighted by atomic mass is 16.5. The first-order valence-electron chi connectivity index (χ1n) is 5.32. The van der Waals surface area contributed by atoms with Crippen molar-refractivity contribution < 1.29 is 9.53 Å². The minimum Gasteiger partial charge on any atom is -0.466 e. The lowest BCUT2D eigenvalue weighted by atomic mass is 10.1. The molecule has 2 heteroatoms. The van der Waals surface area contributed by atoms with E-state index in [0.717, 1.165) is 25.2 Å². The fraction of sp³-hybridized carbons (Fsp3) is 0.909. The van der Waals surface area contributed by atoms with E-state index in [1.54, 1.807) is 0 Å². The van der Waals surface area contributed by atoms with Crippen LogP contribution in [-0.2, 0) is 9.53 Å². The molecular formula is C11H22O2. The third-order valence-corrected chi connectivity index (χ3v) is 1.88. The van der Waals surface area contributed by atoms with Crippen LogP contribution < -0.4 is 0 Å². The topological polar surface area (TPSA) is 26.3 Å². The summed E-state index contributed by atoms with van der Waals surface area (Å²) < 4.78 is 4.96. The summed E-state index contributed by atoms with van der Waals surface area (Å²) in [5.74, 6) is 0.706. The maximum atomic E-state index is 11.0. The van der Waals surface area contributed by atoms with Gasteiger partial charge in [-0.2, -0.15) is 0 Å². The van der Waals surface area contributed by atoms with Crippen molar-refractivity contribution in [3.8, 4) is 0 Å². The third-order valence-electron chi connectivity index (χ3n) is 1.88. The molecule has 0 spiro atoms. The highest BCUT2D eigenvalue weighted by molar-refractivity contribution is 5.69. The zero-order valence-electron chi connectivity index (χ0n) is 9.14. The zero-order valence-corrected chi connectivity index (χ0v) is 9.14. The number of unbranched alkanes of at least 4 members (excludes halogenated alkanes) is 1. The van der Waals surface area contributed by atoms with Gasteiger partial charge in [0, 0.05) is 6.42 Å². The molecule has 0 atom stereocenters. The molecule has 0 radical (unpaired) electrons. The van der Waals surface area contributed by atoms with Crippen LogP contribution in [-0.4, -0.2) is 12.6 Å². The van der Waals surface area contributed by atoms with Gasteiger partial charge in [0.1, 0.15) is 0 Å². The summed E-state index contributed by atoms with van der Waals surface area (Å²) in [6.45, 7) is 6.99. The Hall–Kier alpha value is -0.530. The summed E-state index contributed by atoms with van der Waals surface area (Å²) in [6.07, 6.45) is 4.82. The fourth-order valence-electron chi connectivity index (χ4n) is 1.11. The van der Waals surface area contributed by atoms with Crippen LogP contribution >= 0.6 is 0 Å². The summed E-state index contributed by atoms with van der Waals surface area (Å²) in [4.78, 5) is 11.0. The Kier molecular flexibility index (Phi) is 7.76. The minimum atomic E-state index is -0.0365. The molecule has 0 unspecified atom stereocenters. The van der Waals surface area contributed by atoms with Crippen LogP contribution in [0.3, 0.4) is 0 Å². The SMILES string of the molecule is CCCOC(=O)CCCCC(C)C. The first-order chi connectivity index (χ1) is 6.16. The molecule has 0 amide bonds. The molecule has 0 aromatic heterocycles. The molecule has 0 bridgehead atoms. The monoisotopic (exact) mass is 186 g/mol. The molecule has 0 rings (SSSR count). The molecule has 0 aromatic carbocycles. The molecule has 0 saturated carbocycles. The number of carbonyl (C=O) groups is 1. The Bertz CT molecular complexity index is 130. The molecule has 2 nitrogen and oxygen atoms in total. The van der Waals surface area contributed by atoms with Gasteiger partial charge in [-0.15, -0.1) is 0 Å². The second-order valence-electron chi connectivity index (χ2n) is 3.86. The van der Waals surface area contributed by atoms with Gasteiger partial charge in [-0.1, -0.05) is 33.6 Å². The van der Waals surface area contributed by atoms with E-state index in [-0.39, 0.29) is 5.97 Å². The van der Waals surface area contributed by atoms with E-state index >= 15 is 0 Å². The van der Waals surface area contributed by atoms with Gasteiger partial charge >= 0.3 is 5.97 Å². The second kappa shape index (κ2) is 8.09. The van der Waals surface area contributed by atoms with Gasteiger partial charge in [-0.05, 0) is 18.8 Å². The Balaban J connectivity index is 3.17. The number of ether oxygens (including phenoxy) is 1.